The van der Waals surface area contributed by atoms with Gasteiger partial charge >= 0.3 is 0 Å². The summed E-state index contributed by atoms with van der Waals surface area (Å²) in [6, 6.07) is 11.8. The summed E-state index contributed by atoms with van der Waals surface area (Å²) in [6.07, 6.45) is 1.51. The highest BCUT2D eigenvalue weighted by atomic mass is 35.5. The SMILES string of the molecule is COc1cc2c(cc1-c1cc(C(N)=O)ccn1)-c1c(c(C(=O)N(C)C(C)(C)C)nn1-c1cc(Cl)cc(Cl)c1)CO2. The van der Waals surface area contributed by atoms with Crippen LogP contribution >= 0.6 is 23.2 Å². The van der Waals surface area contributed by atoms with Gasteiger partial charge in [-0.15, -0.1) is 0 Å². The molecule has 1 aliphatic rings. The number of pyridine rings is 1. The van der Waals surface area contributed by atoms with Crippen LogP contribution in [0.1, 0.15) is 47.2 Å². The molecule has 0 saturated heterocycles. The minimum Gasteiger partial charge on any atom is -0.496 e. The molecule has 0 saturated carbocycles. The molecular formula is C29H27Cl2N5O4. The normalized spacial score (nSPS) is 12.3. The number of rotatable bonds is 5. The molecule has 0 aliphatic carbocycles. The van der Waals surface area contributed by atoms with E-state index < -0.39 is 11.4 Å². The van der Waals surface area contributed by atoms with Gasteiger partial charge in [0.2, 0.25) is 5.91 Å². The third-order valence-corrected chi connectivity index (χ3v) is 7.27. The number of amides is 2. The first-order valence-electron chi connectivity index (χ1n) is 12.4. The van der Waals surface area contributed by atoms with Crippen molar-refractivity contribution in [3.8, 4) is 39.7 Å². The van der Waals surface area contributed by atoms with Crippen LogP contribution in [-0.4, -0.2) is 51.2 Å². The minimum atomic E-state index is -0.576. The number of halogens is 2. The number of primary amides is 1. The summed E-state index contributed by atoms with van der Waals surface area (Å²) in [4.78, 5) is 31.7. The Kier molecular flexibility index (Phi) is 6.97. The Morgan fingerprint density at radius 3 is 2.40 bits per heavy atom. The van der Waals surface area contributed by atoms with Crippen molar-refractivity contribution in [2.24, 2.45) is 5.73 Å². The van der Waals surface area contributed by atoms with E-state index in [-0.39, 0.29) is 18.2 Å². The first-order chi connectivity index (χ1) is 18.9. The maximum Gasteiger partial charge on any atom is 0.274 e. The van der Waals surface area contributed by atoms with Gasteiger partial charge in [-0.25, -0.2) is 4.68 Å². The van der Waals surface area contributed by atoms with E-state index in [0.717, 1.165) is 0 Å². The van der Waals surface area contributed by atoms with Crippen molar-refractivity contribution in [2.45, 2.75) is 32.9 Å². The van der Waals surface area contributed by atoms with Gasteiger partial charge in [0.25, 0.3) is 5.91 Å². The second-order valence-corrected chi connectivity index (χ2v) is 11.3. The Labute approximate surface area is 241 Å². The van der Waals surface area contributed by atoms with Crippen LogP contribution in [0.4, 0.5) is 0 Å². The molecular weight excluding hydrogens is 553 g/mol. The topological polar surface area (TPSA) is 113 Å². The second-order valence-electron chi connectivity index (χ2n) is 10.4. The van der Waals surface area contributed by atoms with E-state index >= 15 is 0 Å². The predicted molar refractivity (Wildman–Crippen MR) is 153 cm³/mol. The van der Waals surface area contributed by atoms with Crippen LogP contribution in [0.5, 0.6) is 11.5 Å². The predicted octanol–water partition coefficient (Wildman–Crippen LogP) is 5.78. The van der Waals surface area contributed by atoms with E-state index in [1.807, 2.05) is 26.8 Å². The largest absolute Gasteiger partial charge is 0.496 e. The molecule has 1 aliphatic heterocycles. The molecule has 0 bridgehead atoms. The van der Waals surface area contributed by atoms with Gasteiger partial charge in [0.05, 0.1) is 24.2 Å². The van der Waals surface area contributed by atoms with Crippen molar-refractivity contribution in [1.29, 1.82) is 0 Å². The molecule has 2 N–H and O–H groups in total. The highest BCUT2D eigenvalue weighted by Gasteiger charge is 2.35. The lowest BCUT2D eigenvalue weighted by atomic mass is 9.96. The van der Waals surface area contributed by atoms with Crippen molar-refractivity contribution in [3.63, 3.8) is 0 Å². The molecule has 0 spiro atoms. The fourth-order valence-corrected chi connectivity index (χ4v) is 4.98. The molecule has 0 atom stereocenters. The number of fused-ring (bicyclic) bond motifs is 3. The van der Waals surface area contributed by atoms with Gasteiger partial charge in [-0.3, -0.25) is 14.6 Å². The zero-order valence-corrected chi connectivity index (χ0v) is 24.1. The number of carbonyl (C=O) groups is 2. The van der Waals surface area contributed by atoms with E-state index in [2.05, 4.69) is 4.98 Å². The Balaban J connectivity index is 1.79. The van der Waals surface area contributed by atoms with Gasteiger partial charge in [0.1, 0.15) is 18.1 Å². The number of hydrogen-bond acceptors (Lipinski definition) is 6. The molecule has 206 valence electrons. The molecule has 3 heterocycles. The van der Waals surface area contributed by atoms with E-state index in [4.69, 9.17) is 43.5 Å². The second kappa shape index (κ2) is 10.1. The first kappa shape index (κ1) is 27.5. The summed E-state index contributed by atoms with van der Waals surface area (Å²) in [5.41, 5.74) is 9.16. The fourth-order valence-electron chi connectivity index (χ4n) is 4.46. The quantitative estimate of drug-likeness (QED) is 0.320. The Hall–Kier alpha value is -4.08. The lowest BCUT2D eigenvalue weighted by molar-refractivity contribution is 0.0646. The molecule has 2 amide bonds. The van der Waals surface area contributed by atoms with Crippen LogP contribution in [0.3, 0.4) is 0 Å². The summed E-state index contributed by atoms with van der Waals surface area (Å²) >= 11 is 12.7. The summed E-state index contributed by atoms with van der Waals surface area (Å²) in [5.74, 6) is 0.175. The number of aromatic nitrogens is 3. The Bertz CT molecular complexity index is 1660. The van der Waals surface area contributed by atoms with Crippen LogP contribution in [0.25, 0.3) is 28.2 Å². The molecule has 0 fully saturated rings. The van der Waals surface area contributed by atoms with Crippen molar-refractivity contribution in [2.75, 3.05) is 14.2 Å². The number of methoxy groups -OCH3 is 1. The summed E-state index contributed by atoms with van der Waals surface area (Å²) in [7, 11) is 3.27. The fraction of sp³-hybridized carbons (Fsp3) is 0.241. The average Bonchev–Trinajstić information content (AvgIpc) is 3.30. The van der Waals surface area contributed by atoms with Crippen LogP contribution in [-0.2, 0) is 6.61 Å². The molecule has 5 rings (SSSR count). The van der Waals surface area contributed by atoms with Gasteiger partial charge in [-0.05, 0) is 57.2 Å². The summed E-state index contributed by atoms with van der Waals surface area (Å²) in [5, 5.41) is 5.62. The first-order valence-corrected chi connectivity index (χ1v) is 13.1. The number of nitrogens with two attached hydrogens (primary N) is 1. The van der Waals surface area contributed by atoms with Crippen molar-refractivity contribution in [3.05, 3.63) is 75.5 Å². The van der Waals surface area contributed by atoms with Crippen LogP contribution in [0.2, 0.25) is 10.0 Å². The third-order valence-electron chi connectivity index (χ3n) is 6.84. The highest BCUT2D eigenvalue weighted by molar-refractivity contribution is 6.34. The molecule has 9 nitrogen and oxygen atoms in total. The zero-order chi connectivity index (χ0) is 28.9. The molecule has 4 aromatic rings. The minimum absolute atomic E-state index is 0.105. The Morgan fingerprint density at radius 2 is 1.77 bits per heavy atom. The van der Waals surface area contributed by atoms with Crippen molar-refractivity contribution < 1.29 is 19.1 Å². The molecule has 0 radical (unpaired) electrons. The van der Waals surface area contributed by atoms with Gasteiger partial charge in [-0.1, -0.05) is 23.2 Å². The van der Waals surface area contributed by atoms with Gasteiger partial charge in [-0.2, -0.15) is 5.10 Å². The highest BCUT2D eigenvalue weighted by Crippen LogP contribution is 2.46. The zero-order valence-electron chi connectivity index (χ0n) is 22.6. The Morgan fingerprint density at radius 1 is 1.07 bits per heavy atom. The van der Waals surface area contributed by atoms with Crippen molar-refractivity contribution in [1.82, 2.24) is 19.7 Å². The molecule has 11 heteroatoms. The van der Waals surface area contributed by atoms with Gasteiger partial charge < -0.3 is 20.1 Å². The maximum atomic E-state index is 13.7. The maximum absolute atomic E-state index is 13.7. The lowest BCUT2D eigenvalue weighted by Crippen LogP contribution is -2.43. The van der Waals surface area contributed by atoms with Gasteiger partial charge in [0.15, 0.2) is 5.69 Å². The monoisotopic (exact) mass is 579 g/mol. The van der Waals surface area contributed by atoms with E-state index in [0.29, 0.717) is 60.9 Å². The van der Waals surface area contributed by atoms with Crippen LogP contribution in [0.15, 0.2) is 48.7 Å². The number of hydrogen-bond donors (Lipinski definition) is 1. The molecule has 2 aromatic heterocycles. The van der Waals surface area contributed by atoms with Gasteiger partial charge in [0, 0.05) is 57.1 Å². The number of ether oxygens (including phenoxy) is 2. The molecule has 0 unspecified atom stereocenters. The summed E-state index contributed by atoms with van der Waals surface area (Å²) < 4.78 is 13.5. The number of nitrogens with zero attached hydrogens (tertiary/aromatic N) is 4. The smallest absolute Gasteiger partial charge is 0.274 e. The standard InChI is InChI=1S/C29H27Cl2N5O4/c1-29(2,3)35(4)28(38)25-21-14-40-24-13-23(39-5)19(22-8-15(27(32)37)6-7-33-22)12-20(24)26(21)36(34-25)18-10-16(30)9-17(31)11-18/h6-13H,14H2,1-5H3,(H2,32,37). The van der Waals surface area contributed by atoms with E-state index in [9.17, 15) is 9.59 Å². The number of benzene rings is 2. The van der Waals surface area contributed by atoms with Crippen molar-refractivity contribution >= 4 is 35.0 Å². The summed E-state index contributed by atoms with van der Waals surface area (Å²) in [6.45, 7) is 5.95. The van der Waals surface area contributed by atoms with Crippen LogP contribution in [0, 0.1) is 0 Å². The average molecular weight is 580 g/mol. The van der Waals surface area contributed by atoms with E-state index in [1.165, 1.54) is 13.3 Å². The van der Waals surface area contributed by atoms with E-state index in [1.54, 1.807) is 53.0 Å². The van der Waals surface area contributed by atoms with Crippen LogP contribution < -0.4 is 15.2 Å². The number of carbonyl (C=O) groups excluding carboxylic acids is 2. The third kappa shape index (κ3) is 4.87. The molecule has 2 aromatic carbocycles. The lowest BCUT2D eigenvalue weighted by Gasteiger charge is -2.31. The molecule has 40 heavy (non-hydrogen) atoms.